The highest BCUT2D eigenvalue weighted by Gasteiger charge is 2.08. The number of hydrazone groups is 1. The second-order valence-corrected chi connectivity index (χ2v) is 8.92. The minimum absolute atomic E-state index is 0.276. The van der Waals surface area contributed by atoms with Gasteiger partial charge in [-0.15, -0.1) is 11.8 Å². The summed E-state index contributed by atoms with van der Waals surface area (Å²) in [5.41, 5.74) is 6.67. The molecule has 1 aromatic heterocycles. The summed E-state index contributed by atoms with van der Waals surface area (Å²) in [5.74, 6) is 0.508. The smallest absolute Gasteiger partial charge is 0.267 e. The minimum atomic E-state index is -0.276. The van der Waals surface area contributed by atoms with Crippen LogP contribution in [0.1, 0.15) is 28.4 Å². The lowest BCUT2D eigenvalue weighted by Crippen LogP contribution is -2.19. The van der Waals surface area contributed by atoms with Crippen LogP contribution in [-0.4, -0.2) is 16.6 Å². The van der Waals surface area contributed by atoms with E-state index in [1.54, 1.807) is 49.0 Å². The van der Waals surface area contributed by atoms with Crippen LogP contribution in [0.25, 0.3) is 10.9 Å². The summed E-state index contributed by atoms with van der Waals surface area (Å²) in [6.45, 7) is 1.79. The van der Waals surface area contributed by atoms with E-state index in [4.69, 9.17) is 23.2 Å². The van der Waals surface area contributed by atoms with Gasteiger partial charge in [0.2, 0.25) is 0 Å². The third-order valence-electron chi connectivity index (χ3n) is 4.87. The fourth-order valence-corrected chi connectivity index (χ4v) is 4.39. The van der Waals surface area contributed by atoms with Gasteiger partial charge >= 0.3 is 0 Å². The average molecular weight is 480 g/mol. The van der Waals surface area contributed by atoms with Gasteiger partial charge in [-0.2, -0.15) is 5.10 Å². The zero-order chi connectivity index (χ0) is 22.5. The van der Waals surface area contributed by atoms with E-state index in [0.717, 1.165) is 32.7 Å². The first-order chi connectivity index (χ1) is 15.5. The molecule has 32 heavy (non-hydrogen) atoms. The number of nitrogens with one attached hydrogen (secondary N) is 1. The molecule has 0 saturated heterocycles. The van der Waals surface area contributed by atoms with Crippen molar-refractivity contribution in [2.75, 3.05) is 0 Å². The van der Waals surface area contributed by atoms with Gasteiger partial charge in [0.1, 0.15) is 0 Å². The summed E-state index contributed by atoms with van der Waals surface area (Å²) in [6, 6.07) is 22.9. The number of para-hydroxylation sites is 1. The third-order valence-corrected chi connectivity index (χ3v) is 6.73. The van der Waals surface area contributed by atoms with Gasteiger partial charge in [0.25, 0.3) is 5.91 Å². The Morgan fingerprint density at radius 3 is 2.50 bits per heavy atom. The lowest BCUT2D eigenvalue weighted by Gasteiger charge is -2.07. The SMILES string of the molecule is C/C(=N\NC(=O)c1ccc(CSc2cccc3cccnc23)cc1)c1ccc(Cl)c(Cl)c1. The van der Waals surface area contributed by atoms with Crippen LogP contribution in [0, 0.1) is 0 Å². The van der Waals surface area contributed by atoms with Crippen LogP contribution < -0.4 is 5.43 Å². The Bertz CT molecular complexity index is 1300. The predicted octanol–water partition coefficient (Wildman–Crippen LogP) is 6.99. The van der Waals surface area contributed by atoms with Gasteiger partial charge in [-0.25, -0.2) is 5.43 Å². The molecular weight excluding hydrogens is 461 g/mol. The van der Waals surface area contributed by atoms with Crippen LogP contribution in [-0.2, 0) is 5.75 Å². The molecule has 0 bridgehead atoms. The van der Waals surface area contributed by atoms with Gasteiger partial charge in [-0.3, -0.25) is 9.78 Å². The highest BCUT2D eigenvalue weighted by Crippen LogP contribution is 2.29. The van der Waals surface area contributed by atoms with Crippen molar-refractivity contribution in [1.82, 2.24) is 10.4 Å². The van der Waals surface area contributed by atoms with Crippen molar-refractivity contribution in [1.29, 1.82) is 0 Å². The Labute approximate surface area is 200 Å². The van der Waals surface area contributed by atoms with E-state index in [-0.39, 0.29) is 5.91 Å². The number of halogens is 2. The predicted molar refractivity (Wildman–Crippen MR) is 134 cm³/mol. The molecule has 0 atom stereocenters. The maximum absolute atomic E-state index is 12.5. The number of rotatable bonds is 6. The monoisotopic (exact) mass is 479 g/mol. The first-order valence-corrected chi connectivity index (χ1v) is 11.6. The van der Waals surface area contributed by atoms with Crippen molar-refractivity contribution in [2.24, 2.45) is 5.10 Å². The molecule has 4 rings (SSSR count). The second-order valence-electron chi connectivity index (χ2n) is 7.08. The third kappa shape index (κ3) is 5.30. The molecule has 7 heteroatoms. The molecule has 0 fully saturated rings. The van der Waals surface area contributed by atoms with Gasteiger partial charge in [0.15, 0.2) is 0 Å². The molecule has 0 aliphatic heterocycles. The van der Waals surface area contributed by atoms with Crippen molar-refractivity contribution in [3.8, 4) is 0 Å². The van der Waals surface area contributed by atoms with Crippen LogP contribution in [0.2, 0.25) is 10.0 Å². The molecule has 0 aliphatic carbocycles. The minimum Gasteiger partial charge on any atom is -0.267 e. The molecule has 0 spiro atoms. The summed E-state index contributed by atoms with van der Waals surface area (Å²) in [4.78, 5) is 18.1. The van der Waals surface area contributed by atoms with Crippen molar-refractivity contribution in [3.63, 3.8) is 0 Å². The van der Waals surface area contributed by atoms with Crippen molar-refractivity contribution >= 4 is 57.5 Å². The average Bonchev–Trinajstić information content (AvgIpc) is 2.83. The van der Waals surface area contributed by atoms with E-state index in [0.29, 0.717) is 21.3 Å². The lowest BCUT2D eigenvalue weighted by molar-refractivity contribution is 0.0955. The Morgan fingerprint density at radius 2 is 1.72 bits per heavy atom. The number of amides is 1. The largest absolute Gasteiger partial charge is 0.271 e. The van der Waals surface area contributed by atoms with Crippen molar-refractivity contribution in [3.05, 3.63) is 106 Å². The van der Waals surface area contributed by atoms with Crippen LogP contribution in [0.3, 0.4) is 0 Å². The first kappa shape index (κ1) is 22.3. The zero-order valence-corrected chi connectivity index (χ0v) is 19.5. The normalized spacial score (nSPS) is 11.5. The van der Waals surface area contributed by atoms with Crippen LogP contribution in [0.15, 0.2) is 89.0 Å². The van der Waals surface area contributed by atoms with Crippen LogP contribution in [0.4, 0.5) is 0 Å². The number of aromatic nitrogens is 1. The molecule has 0 unspecified atom stereocenters. The highest BCUT2D eigenvalue weighted by atomic mass is 35.5. The molecule has 1 N–H and O–H groups in total. The van der Waals surface area contributed by atoms with E-state index in [9.17, 15) is 4.79 Å². The Kier molecular flexibility index (Phi) is 7.10. The quantitative estimate of drug-likeness (QED) is 0.184. The van der Waals surface area contributed by atoms with Gasteiger partial charge in [-0.05, 0) is 54.4 Å². The maximum atomic E-state index is 12.5. The highest BCUT2D eigenvalue weighted by molar-refractivity contribution is 7.98. The molecule has 1 amide bonds. The number of hydrogen-bond acceptors (Lipinski definition) is 4. The molecule has 0 saturated carbocycles. The number of thioether (sulfide) groups is 1. The summed E-state index contributed by atoms with van der Waals surface area (Å²) in [6.07, 6.45) is 1.81. The van der Waals surface area contributed by atoms with Gasteiger partial charge in [-0.1, -0.05) is 59.6 Å². The van der Waals surface area contributed by atoms with Crippen LogP contribution in [0.5, 0.6) is 0 Å². The molecule has 3 aromatic carbocycles. The molecular formula is C25H19Cl2N3OS. The van der Waals surface area contributed by atoms with Crippen molar-refractivity contribution < 1.29 is 4.79 Å². The van der Waals surface area contributed by atoms with Crippen molar-refractivity contribution in [2.45, 2.75) is 17.6 Å². The van der Waals surface area contributed by atoms with Gasteiger partial charge < -0.3 is 0 Å². The lowest BCUT2D eigenvalue weighted by atomic mass is 10.1. The number of benzene rings is 3. The maximum Gasteiger partial charge on any atom is 0.271 e. The summed E-state index contributed by atoms with van der Waals surface area (Å²) < 4.78 is 0. The van der Waals surface area contributed by atoms with Crippen LogP contribution >= 0.6 is 35.0 Å². The van der Waals surface area contributed by atoms with Gasteiger partial charge in [0, 0.05) is 27.8 Å². The number of carbonyl (C=O) groups is 1. The summed E-state index contributed by atoms with van der Waals surface area (Å²) in [7, 11) is 0. The van der Waals surface area contributed by atoms with E-state index >= 15 is 0 Å². The molecule has 4 aromatic rings. The molecule has 160 valence electrons. The number of carbonyl (C=O) groups excluding carboxylic acids is 1. The number of nitrogens with zero attached hydrogens (tertiary/aromatic N) is 2. The van der Waals surface area contributed by atoms with Gasteiger partial charge in [0.05, 0.1) is 21.3 Å². The topological polar surface area (TPSA) is 54.4 Å². The summed E-state index contributed by atoms with van der Waals surface area (Å²) in [5, 5.41) is 6.22. The van der Waals surface area contributed by atoms with E-state index in [2.05, 4.69) is 33.7 Å². The fraction of sp³-hybridized carbons (Fsp3) is 0.0800. The number of fused-ring (bicyclic) bond motifs is 1. The fourth-order valence-electron chi connectivity index (χ4n) is 3.09. The molecule has 1 heterocycles. The first-order valence-electron chi connectivity index (χ1n) is 9.87. The Balaban J connectivity index is 1.38. The number of pyridine rings is 1. The Morgan fingerprint density at radius 1 is 0.969 bits per heavy atom. The van der Waals surface area contributed by atoms with E-state index in [1.165, 1.54) is 0 Å². The second kappa shape index (κ2) is 10.2. The molecule has 0 aliphatic rings. The van der Waals surface area contributed by atoms with E-state index < -0.39 is 0 Å². The summed E-state index contributed by atoms with van der Waals surface area (Å²) >= 11 is 13.7. The Hall–Kier alpha value is -2.86. The van der Waals surface area contributed by atoms with E-state index in [1.807, 2.05) is 30.5 Å². The molecule has 0 radical (unpaired) electrons. The standard InChI is InChI=1S/C25H19Cl2N3OS/c1-16(20-11-12-21(26)22(27)14-20)29-30-25(31)19-9-7-17(8-10-19)15-32-23-6-2-4-18-5-3-13-28-24(18)23/h2-14H,15H2,1H3,(H,30,31)/b29-16+. The number of hydrogen-bond donors (Lipinski definition) is 1. The molecule has 4 nitrogen and oxygen atoms in total. The zero-order valence-electron chi connectivity index (χ0n) is 17.2.